The first-order chi connectivity index (χ1) is 9.79. The quantitative estimate of drug-likeness (QED) is 0.937. The van der Waals surface area contributed by atoms with Crippen LogP contribution >= 0.6 is 11.6 Å². The lowest BCUT2D eigenvalue weighted by molar-refractivity contribution is 0.358. The Hall–Kier alpha value is -1.75. The molecule has 1 saturated carbocycles. The third kappa shape index (κ3) is 2.22. The van der Waals surface area contributed by atoms with Crippen LogP contribution in [-0.4, -0.2) is 16.7 Å². The van der Waals surface area contributed by atoms with Gasteiger partial charge in [0.15, 0.2) is 5.82 Å². The van der Waals surface area contributed by atoms with Crippen LogP contribution in [0.15, 0.2) is 16.7 Å². The highest BCUT2D eigenvalue weighted by Gasteiger charge is 2.29. The number of rotatable bonds is 4. The van der Waals surface area contributed by atoms with Crippen molar-refractivity contribution in [3.05, 3.63) is 34.4 Å². The van der Waals surface area contributed by atoms with Gasteiger partial charge in [0.1, 0.15) is 5.75 Å². The van der Waals surface area contributed by atoms with E-state index in [0.717, 1.165) is 42.2 Å². The van der Waals surface area contributed by atoms with Gasteiger partial charge in [0.2, 0.25) is 5.89 Å². The van der Waals surface area contributed by atoms with Crippen LogP contribution in [0.2, 0.25) is 5.02 Å². The van der Waals surface area contributed by atoms with Gasteiger partial charge in [-0.25, -0.2) is 0 Å². The third-order valence-electron chi connectivity index (χ3n) is 3.60. The van der Waals surface area contributed by atoms with Crippen molar-refractivity contribution in [3.8, 4) is 5.75 Å². The summed E-state index contributed by atoms with van der Waals surface area (Å²) in [5.74, 6) is 2.79. The van der Waals surface area contributed by atoms with Gasteiger partial charge in [-0.3, -0.25) is 0 Å². The largest absolute Gasteiger partial charge is 0.491 e. The maximum atomic E-state index is 6.12. The zero-order valence-corrected chi connectivity index (χ0v) is 11.6. The Labute approximate surface area is 121 Å². The van der Waals surface area contributed by atoms with Crippen molar-refractivity contribution in [2.75, 3.05) is 11.9 Å². The van der Waals surface area contributed by atoms with Gasteiger partial charge in [-0.1, -0.05) is 16.8 Å². The second-order valence-electron chi connectivity index (χ2n) is 5.22. The summed E-state index contributed by atoms with van der Waals surface area (Å²) in [7, 11) is 0. The molecule has 1 aliphatic carbocycles. The van der Waals surface area contributed by atoms with Gasteiger partial charge in [-0.05, 0) is 25.0 Å². The predicted octanol–water partition coefficient (Wildman–Crippen LogP) is 3.15. The van der Waals surface area contributed by atoms with E-state index in [2.05, 4.69) is 15.5 Å². The van der Waals surface area contributed by atoms with E-state index in [-0.39, 0.29) is 0 Å². The van der Waals surface area contributed by atoms with Crippen LogP contribution in [0.25, 0.3) is 0 Å². The van der Waals surface area contributed by atoms with Crippen molar-refractivity contribution in [3.63, 3.8) is 0 Å². The molecule has 1 aliphatic heterocycles. The Morgan fingerprint density at radius 3 is 3.10 bits per heavy atom. The van der Waals surface area contributed by atoms with Crippen molar-refractivity contribution in [1.82, 2.24) is 10.1 Å². The molecule has 2 aromatic rings. The van der Waals surface area contributed by atoms with Crippen LogP contribution in [0.4, 0.5) is 5.69 Å². The third-order valence-corrected chi connectivity index (χ3v) is 3.81. The number of nitrogens with one attached hydrogen (secondary N) is 1. The SMILES string of the molecule is Clc1cc2c(c(NCc3noc(C4CC4)n3)c1)OCC2. The fourth-order valence-corrected chi connectivity index (χ4v) is 2.65. The number of anilines is 1. The van der Waals surface area contributed by atoms with Crippen molar-refractivity contribution in [2.45, 2.75) is 31.7 Å². The number of nitrogens with zero attached hydrogens (tertiary/aromatic N) is 2. The highest BCUT2D eigenvalue weighted by Crippen LogP contribution is 2.39. The number of aromatic nitrogens is 2. The molecular formula is C14H14ClN3O2. The highest BCUT2D eigenvalue weighted by molar-refractivity contribution is 6.31. The Morgan fingerprint density at radius 1 is 1.35 bits per heavy atom. The fraction of sp³-hybridized carbons (Fsp3) is 0.429. The van der Waals surface area contributed by atoms with E-state index in [4.69, 9.17) is 20.9 Å². The van der Waals surface area contributed by atoms with Gasteiger partial charge in [0.05, 0.1) is 18.8 Å². The molecule has 0 unspecified atom stereocenters. The lowest BCUT2D eigenvalue weighted by Crippen LogP contribution is -2.03. The maximum Gasteiger partial charge on any atom is 0.229 e. The Balaban J connectivity index is 1.51. The molecule has 0 bridgehead atoms. The molecule has 5 nitrogen and oxygen atoms in total. The van der Waals surface area contributed by atoms with Crippen LogP contribution < -0.4 is 10.1 Å². The average Bonchev–Trinajstić information content (AvgIpc) is 2.99. The van der Waals surface area contributed by atoms with Crippen molar-refractivity contribution in [2.24, 2.45) is 0 Å². The summed E-state index contributed by atoms with van der Waals surface area (Å²) in [5.41, 5.74) is 2.04. The number of halogens is 1. The first-order valence-electron chi connectivity index (χ1n) is 6.81. The van der Waals surface area contributed by atoms with Gasteiger partial charge >= 0.3 is 0 Å². The van der Waals surface area contributed by atoms with E-state index >= 15 is 0 Å². The van der Waals surface area contributed by atoms with Crippen LogP contribution in [-0.2, 0) is 13.0 Å². The van der Waals surface area contributed by atoms with Gasteiger partial charge in [0, 0.05) is 22.9 Å². The summed E-state index contributed by atoms with van der Waals surface area (Å²) in [5, 5.41) is 7.98. The zero-order chi connectivity index (χ0) is 13.5. The van der Waals surface area contributed by atoms with E-state index in [0.29, 0.717) is 29.9 Å². The Kier molecular flexibility index (Phi) is 2.80. The number of hydrogen-bond acceptors (Lipinski definition) is 5. The minimum Gasteiger partial charge on any atom is -0.491 e. The van der Waals surface area contributed by atoms with Crippen LogP contribution in [0.1, 0.15) is 36.0 Å². The standard InChI is InChI=1S/C14H14ClN3O2/c15-10-5-9-3-4-19-13(9)11(6-10)16-7-12-17-14(20-18-12)8-1-2-8/h5-6,8,16H,1-4,7H2. The average molecular weight is 292 g/mol. The molecule has 6 heteroatoms. The predicted molar refractivity (Wildman–Crippen MR) is 74.3 cm³/mol. The number of ether oxygens (including phenoxy) is 1. The molecule has 104 valence electrons. The van der Waals surface area contributed by atoms with Crippen molar-refractivity contribution >= 4 is 17.3 Å². The molecule has 20 heavy (non-hydrogen) atoms. The maximum absolute atomic E-state index is 6.12. The molecule has 1 N–H and O–H groups in total. The summed E-state index contributed by atoms with van der Waals surface area (Å²) in [6.07, 6.45) is 3.22. The lowest BCUT2D eigenvalue weighted by atomic mass is 10.1. The van der Waals surface area contributed by atoms with E-state index in [9.17, 15) is 0 Å². The molecule has 0 saturated heterocycles. The van der Waals surface area contributed by atoms with Crippen LogP contribution in [0.5, 0.6) is 5.75 Å². The summed E-state index contributed by atoms with van der Waals surface area (Å²) in [6, 6.07) is 3.82. The molecule has 1 fully saturated rings. The van der Waals surface area contributed by atoms with E-state index in [1.807, 2.05) is 12.1 Å². The Bertz CT molecular complexity index is 652. The normalized spacial score (nSPS) is 16.9. The molecule has 1 aromatic carbocycles. The molecule has 0 atom stereocenters. The smallest absolute Gasteiger partial charge is 0.229 e. The Morgan fingerprint density at radius 2 is 2.25 bits per heavy atom. The second-order valence-corrected chi connectivity index (χ2v) is 5.65. The molecule has 0 radical (unpaired) electrons. The van der Waals surface area contributed by atoms with Crippen molar-refractivity contribution < 1.29 is 9.26 Å². The van der Waals surface area contributed by atoms with Gasteiger partial charge in [0.25, 0.3) is 0 Å². The zero-order valence-electron chi connectivity index (χ0n) is 10.9. The molecule has 4 rings (SSSR count). The van der Waals surface area contributed by atoms with Crippen LogP contribution in [0.3, 0.4) is 0 Å². The lowest BCUT2D eigenvalue weighted by Gasteiger charge is -2.09. The fourth-order valence-electron chi connectivity index (χ4n) is 2.41. The molecular weight excluding hydrogens is 278 g/mol. The summed E-state index contributed by atoms with van der Waals surface area (Å²) in [6.45, 7) is 1.21. The molecule has 0 spiro atoms. The molecule has 1 aromatic heterocycles. The molecule has 2 aliphatic rings. The van der Waals surface area contributed by atoms with Crippen LogP contribution in [0, 0.1) is 0 Å². The first kappa shape index (κ1) is 12.0. The van der Waals surface area contributed by atoms with Crippen molar-refractivity contribution in [1.29, 1.82) is 0 Å². The molecule has 2 heterocycles. The van der Waals surface area contributed by atoms with Gasteiger partial charge in [-0.15, -0.1) is 0 Å². The number of hydrogen-bond donors (Lipinski definition) is 1. The van der Waals surface area contributed by atoms with E-state index in [1.54, 1.807) is 0 Å². The first-order valence-corrected chi connectivity index (χ1v) is 7.19. The number of fused-ring (bicyclic) bond motifs is 1. The van der Waals surface area contributed by atoms with E-state index in [1.165, 1.54) is 0 Å². The summed E-state index contributed by atoms with van der Waals surface area (Å²) >= 11 is 6.12. The second kappa shape index (κ2) is 4.66. The van der Waals surface area contributed by atoms with Gasteiger partial charge < -0.3 is 14.6 Å². The summed E-state index contributed by atoms with van der Waals surface area (Å²) < 4.78 is 10.9. The minimum absolute atomic E-state index is 0.481. The van der Waals surface area contributed by atoms with E-state index < -0.39 is 0 Å². The number of benzene rings is 1. The molecule has 0 amide bonds. The minimum atomic E-state index is 0.481. The monoisotopic (exact) mass is 291 g/mol. The summed E-state index contributed by atoms with van der Waals surface area (Å²) in [4.78, 5) is 4.39. The highest BCUT2D eigenvalue weighted by atomic mass is 35.5. The van der Waals surface area contributed by atoms with Gasteiger partial charge in [-0.2, -0.15) is 4.98 Å². The topological polar surface area (TPSA) is 60.2 Å².